The van der Waals surface area contributed by atoms with Crippen molar-refractivity contribution in [2.24, 2.45) is 11.7 Å². The van der Waals surface area contributed by atoms with Crippen LogP contribution in [-0.2, 0) is 9.53 Å². The molecule has 1 heterocycles. The van der Waals surface area contributed by atoms with E-state index < -0.39 is 0 Å². The highest BCUT2D eigenvalue weighted by molar-refractivity contribution is 5.76. The Kier molecular flexibility index (Phi) is 7.51. The molecule has 0 aromatic heterocycles. The molecule has 0 radical (unpaired) electrons. The van der Waals surface area contributed by atoms with Gasteiger partial charge >= 0.3 is 0 Å². The van der Waals surface area contributed by atoms with Gasteiger partial charge in [0.15, 0.2) is 0 Å². The number of likely N-dealkylation sites (tertiary alicyclic amines) is 1. The Hall–Kier alpha value is -0.610. The van der Waals surface area contributed by atoms with Crippen LogP contribution in [0.3, 0.4) is 0 Å². The van der Waals surface area contributed by atoms with Crippen molar-refractivity contribution in [2.75, 3.05) is 26.2 Å². The maximum Gasteiger partial charge on any atom is 0.222 e. The summed E-state index contributed by atoms with van der Waals surface area (Å²) in [6.07, 6.45) is 11.9. The Balaban J connectivity index is 1.65. The first kappa shape index (κ1) is 16.8. The number of piperidine rings is 1. The largest absolute Gasteiger partial charge is 0.378 e. The highest BCUT2D eigenvalue weighted by atomic mass is 16.5. The monoisotopic (exact) mass is 296 g/mol. The van der Waals surface area contributed by atoms with Crippen LogP contribution in [0.25, 0.3) is 0 Å². The number of nitrogens with zero attached hydrogens (tertiary/aromatic N) is 1. The van der Waals surface area contributed by atoms with Gasteiger partial charge in [0.2, 0.25) is 5.91 Å². The van der Waals surface area contributed by atoms with Gasteiger partial charge in [0.25, 0.3) is 0 Å². The van der Waals surface area contributed by atoms with E-state index in [1.165, 1.54) is 38.5 Å². The molecule has 2 N–H and O–H groups in total. The lowest BCUT2D eigenvalue weighted by atomic mass is 9.95. The average molecular weight is 296 g/mol. The molecule has 122 valence electrons. The minimum atomic E-state index is 0.332. The van der Waals surface area contributed by atoms with Gasteiger partial charge in [-0.1, -0.05) is 25.7 Å². The Morgan fingerprint density at radius 3 is 2.33 bits per heavy atom. The number of hydrogen-bond acceptors (Lipinski definition) is 3. The van der Waals surface area contributed by atoms with Crippen LogP contribution in [0.4, 0.5) is 0 Å². The molecule has 4 heteroatoms. The van der Waals surface area contributed by atoms with Crippen molar-refractivity contribution in [3.8, 4) is 0 Å². The average Bonchev–Trinajstić information content (AvgIpc) is 2.77. The summed E-state index contributed by atoms with van der Waals surface area (Å²) < 4.78 is 5.80. The minimum absolute atomic E-state index is 0.332. The molecular weight excluding hydrogens is 264 g/mol. The number of ether oxygens (including phenoxy) is 1. The molecule has 1 saturated heterocycles. The number of hydrogen-bond donors (Lipinski definition) is 1. The highest BCUT2D eigenvalue weighted by Crippen LogP contribution is 2.26. The highest BCUT2D eigenvalue weighted by Gasteiger charge is 2.25. The van der Waals surface area contributed by atoms with Crippen LogP contribution in [0.2, 0.25) is 0 Å². The standard InChI is InChI=1S/C17H32N2O2/c18-10-5-13-21-16-8-11-19(12-9-16)17(20)14-15-6-3-1-2-4-7-15/h15-16H,1-14,18H2. The fourth-order valence-corrected chi connectivity index (χ4v) is 3.55. The van der Waals surface area contributed by atoms with Crippen LogP contribution in [0.15, 0.2) is 0 Å². The van der Waals surface area contributed by atoms with Gasteiger partial charge in [-0.05, 0) is 44.6 Å². The molecule has 2 aliphatic rings. The first-order chi connectivity index (χ1) is 10.3. The number of carbonyl (C=O) groups excluding carboxylic acids is 1. The molecule has 1 aliphatic carbocycles. The van der Waals surface area contributed by atoms with Gasteiger partial charge in [0, 0.05) is 26.1 Å². The third-order valence-corrected chi connectivity index (χ3v) is 4.93. The molecule has 2 rings (SSSR count). The number of rotatable bonds is 6. The maximum absolute atomic E-state index is 12.4. The van der Waals surface area contributed by atoms with E-state index in [-0.39, 0.29) is 0 Å². The molecule has 0 spiro atoms. The van der Waals surface area contributed by atoms with Gasteiger partial charge in [-0.2, -0.15) is 0 Å². The van der Waals surface area contributed by atoms with Gasteiger partial charge in [-0.25, -0.2) is 0 Å². The summed E-state index contributed by atoms with van der Waals surface area (Å²) >= 11 is 0. The van der Waals surface area contributed by atoms with Crippen LogP contribution in [0.1, 0.15) is 64.2 Å². The number of amides is 1. The molecule has 1 amide bonds. The molecule has 21 heavy (non-hydrogen) atoms. The zero-order valence-electron chi connectivity index (χ0n) is 13.4. The van der Waals surface area contributed by atoms with Crippen molar-refractivity contribution < 1.29 is 9.53 Å². The SMILES string of the molecule is NCCCOC1CCN(C(=O)CC2CCCCCC2)CC1. The zero-order chi connectivity index (χ0) is 14.9. The van der Waals surface area contributed by atoms with Gasteiger partial charge < -0.3 is 15.4 Å². The lowest BCUT2D eigenvalue weighted by molar-refractivity contribution is -0.135. The second-order valence-corrected chi connectivity index (χ2v) is 6.65. The second-order valence-electron chi connectivity index (χ2n) is 6.65. The van der Waals surface area contributed by atoms with E-state index in [0.29, 0.717) is 24.5 Å². The van der Waals surface area contributed by atoms with E-state index in [1.807, 2.05) is 0 Å². The quantitative estimate of drug-likeness (QED) is 0.605. The molecule has 1 saturated carbocycles. The summed E-state index contributed by atoms with van der Waals surface area (Å²) in [5.74, 6) is 1.01. The maximum atomic E-state index is 12.4. The van der Waals surface area contributed by atoms with Crippen LogP contribution < -0.4 is 5.73 Å². The Labute approximate surface area is 129 Å². The molecule has 2 fully saturated rings. The first-order valence-electron chi connectivity index (χ1n) is 8.89. The first-order valence-corrected chi connectivity index (χ1v) is 8.89. The van der Waals surface area contributed by atoms with Crippen molar-refractivity contribution in [3.05, 3.63) is 0 Å². The summed E-state index contributed by atoms with van der Waals surface area (Å²) in [6, 6.07) is 0. The molecule has 4 nitrogen and oxygen atoms in total. The third kappa shape index (κ3) is 5.95. The molecule has 0 aromatic rings. The van der Waals surface area contributed by atoms with Gasteiger partial charge in [-0.15, -0.1) is 0 Å². The van der Waals surface area contributed by atoms with E-state index >= 15 is 0 Å². The normalized spacial score (nSPS) is 22.2. The van der Waals surface area contributed by atoms with Crippen LogP contribution in [-0.4, -0.2) is 43.2 Å². The molecule has 0 bridgehead atoms. The van der Waals surface area contributed by atoms with Crippen LogP contribution in [0, 0.1) is 5.92 Å². The summed E-state index contributed by atoms with van der Waals surface area (Å²) in [5, 5.41) is 0. The van der Waals surface area contributed by atoms with E-state index in [4.69, 9.17) is 10.5 Å². The van der Waals surface area contributed by atoms with Gasteiger partial charge in [-0.3, -0.25) is 4.79 Å². The summed E-state index contributed by atoms with van der Waals surface area (Å²) in [5.41, 5.74) is 5.47. The fourth-order valence-electron chi connectivity index (χ4n) is 3.55. The van der Waals surface area contributed by atoms with Crippen LogP contribution in [0.5, 0.6) is 0 Å². The second kappa shape index (κ2) is 9.42. The summed E-state index contributed by atoms with van der Waals surface area (Å²) in [4.78, 5) is 14.5. The van der Waals surface area contributed by atoms with Crippen molar-refractivity contribution in [3.63, 3.8) is 0 Å². The molecule has 1 aliphatic heterocycles. The fraction of sp³-hybridized carbons (Fsp3) is 0.941. The van der Waals surface area contributed by atoms with E-state index in [0.717, 1.165) is 45.4 Å². The Morgan fingerprint density at radius 1 is 1.05 bits per heavy atom. The molecular formula is C17H32N2O2. The summed E-state index contributed by atoms with van der Waals surface area (Å²) in [7, 11) is 0. The van der Waals surface area contributed by atoms with Gasteiger partial charge in [0.05, 0.1) is 6.10 Å². The number of carbonyl (C=O) groups is 1. The Bertz CT molecular complexity index is 293. The minimum Gasteiger partial charge on any atom is -0.378 e. The van der Waals surface area contributed by atoms with Crippen molar-refractivity contribution in [2.45, 2.75) is 70.3 Å². The molecule has 0 unspecified atom stereocenters. The summed E-state index contributed by atoms with van der Waals surface area (Å²) in [6.45, 7) is 3.20. The van der Waals surface area contributed by atoms with Crippen molar-refractivity contribution in [1.29, 1.82) is 0 Å². The zero-order valence-corrected chi connectivity index (χ0v) is 13.4. The van der Waals surface area contributed by atoms with Crippen LogP contribution >= 0.6 is 0 Å². The smallest absolute Gasteiger partial charge is 0.222 e. The van der Waals surface area contributed by atoms with E-state index in [9.17, 15) is 4.79 Å². The molecule has 0 atom stereocenters. The third-order valence-electron chi connectivity index (χ3n) is 4.93. The van der Waals surface area contributed by atoms with Crippen molar-refractivity contribution >= 4 is 5.91 Å². The van der Waals surface area contributed by atoms with E-state index in [2.05, 4.69) is 4.90 Å². The molecule has 0 aromatic carbocycles. The topological polar surface area (TPSA) is 55.6 Å². The Morgan fingerprint density at radius 2 is 1.71 bits per heavy atom. The number of nitrogens with two attached hydrogens (primary N) is 1. The lowest BCUT2D eigenvalue weighted by Gasteiger charge is -2.33. The van der Waals surface area contributed by atoms with Gasteiger partial charge in [0.1, 0.15) is 0 Å². The van der Waals surface area contributed by atoms with Crippen molar-refractivity contribution in [1.82, 2.24) is 4.90 Å². The lowest BCUT2D eigenvalue weighted by Crippen LogP contribution is -2.41. The predicted molar refractivity (Wildman–Crippen MR) is 85.0 cm³/mol. The predicted octanol–water partition coefficient (Wildman–Crippen LogP) is 2.70. The van der Waals surface area contributed by atoms with E-state index in [1.54, 1.807) is 0 Å².